The zero-order valence-corrected chi connectivity index (χ0v) is 13.0. The topological polar surface area (TPSA) is 39.7 Å². The third kappa shape index (κ3) is 2.88. The molecule has 116 valence electrons. The molecule has 3 rings (SSSR count). The van der Waals surface area contributed by atoms with Gasteiger partial charge in [-0.1, -0.05) is 30.3 Å². The van der Waals surface area contributed by atoms with Crippen molar-refractivity contribution in [2.75, 3.05) is 20.8 Å². The molecular formula is C18H21NO3. The highest BCUT2D eigenvalue weighted by Crippen LogP contribution is 2.39. The largest absolute Gasteiger partial charge is 0.496 e. The smallest absolute Gasteiger partial charge is 0.165 e. The van der Waals surface area contributed by atoms with Crippen LogP contribution in [-0.2, 0) is 6.54 Å². The van der Waals surface area contributed by atoms with Crippen molar-refractivity contribution in [3.63, 3.8) is 0 Å². The van der Waals surface area contributed by atoms with Crippen molar-refractivity contribution in [1.29, 1.82) is 0 Å². The summed E-state index contributed by atoms with van der Waals surface area (Å²) in [4.78, 5) is 0. The number of para-hydroxylation sites is 2. The van der Waals surface area contributed by atoms with Gasteiger partial charge in [0.2, 0.25) is 0 Å². The molecule has 1 atom stereocenters. The first kappa shape index (κ1) is 14.7. The molecule has 0 saturated heterocycles. The molecule has 0 aliphatic carbocycles. The number of fused-ring (bicyclic) bond motifs is 1. The molecule has 1 aliphatic heterocycles. The van der Waals surface area contributed by atoms with Crippen molar-refractivity contribution in [3.8, 4) is 17.2 Å². The highest BCUT2D eigenvalue weighted by molar-refractivity contribution is 5.49. The van der Waals surface area contributed by atoms with Gasteiger partial charge in [-0.25, -0.2) is 0 Å². The van der Waals surface area contributed by atoms with E-state index in [-0.39, 0.29) is 6.04 Å². The van der Waals surface area contributed by atoms with Gasteiger partial charge in [-0.05, 0) is 12.1 Å². The van der Waals surface area contributed by atoms with Crippen molar-refractivity contribution in [3.05, 3.63) is 53.6 Å². The summed E-state index contributed by atoms with van der Waals surface area (Å²) >= 11 is 0. The highest BCUT2D eigenvalue weighted by Gasteiger charge is 2.24. The number of hydrogen-bond donors (Lipinski definition) is 1. The number of hydrogen-bond acceptors (Lipinski definition) is 4. The Hall–Kier alpha value is -2.20. The molecule has 0 amide bonds. The first-order valence-corrected chi connectivity index (χ1v) is 7.48. The average Bonchev–Trinajstić information content (AvgIpc) is 2.59. The Balaban J connectivity index is 1.78. The molecule has 0 bridgehead atoms. The molecule has 4 nitrogen and oxygen atoms in total. The van der Waals surface area contributed by atoms with E-state index in [2.05, 4.69) is 17.4 Å². The number of methoxy groups -OCH3 is 2. The summed E-state index contributed by atoms with van der Waals surface area (Å²) in [5.41, 5.74) is 2.31. The SMILES string of the molecule is COc1ccccc1CNC1CCOc2c(OC)cccc21. The predicted octanol–water partition coefficient (Wildman–Crippen LogP) is 3.32. The van der Waals surface area contributed by atoms with Crippen LogP contribution in [0.25, 0.3) is 0 Å². The maximum absolute atomic E-state index is 5.78. The van der Waals surface area contributed by atoms with Crippen LogP contribution in [0.3, 0.4) is 0 Å². The highest BCUT2D eigenvalue weighted by atomic mass is 16.5. The van der Waals surface area contributed by atoms with Crippen LogP contribution in [0.4, 0.5) is 0 Å². The molecule has 1 aliphatic rings. The minimum Gasteiger partial charge on any atom is -0.496 e. The lowest BCUT2D eigenvalue weighted by atomic mass is 9.99. The summed E-state index contributed by atoms with van der Waals surface area (Å²) in [5, 5.41) is 3.60. The fourth-order valence-electron chi connectivity index (χ4n) is 2.85. The Kier molecular flexibility index (Phi) is 4.49. The van der Waals surface area contributed by atoms with Crippen molar-refractivity contribution in [1.82, 2.24) is 5.32 Å². The van der Waals surface area contributed by atoms with Crippen LogP contribution >= 0.6 is 0 Å². The standard InChI is InChI=1S/C18H21NO3/c1-20-16-8-4-3-6-13(16)12-19-15-10-11-22-18-14(15)7-5-9-17(18)21-2/h3-9,15,19H,10-12H2,1-2H3. The van der Waals surface area contributed by atoms with Gasteiger partial charge in [0.05, 0.1) is 20.8 Å². The van der Waals surface area contributed by atoms with Crippen LogP contribution in [0.2, 0.25) is 0 Å². The second-order valence-corrected chi connectivity index (χ2v) is 5.26. The normalized spacial score (nSPS) is 16.5. The fraction of sp³-hybridized carbons (Fsp3) is 0.333. The maximum Gasteiger partial charge on any atom is 0.165 e. The Bertz CT molecular complexity index is 642. The van der Waals surface area contributed by atoms with Gasteiger partial charge in [-0.2, -0.15) is 0 Å². The van der Waals surface area contributed by atoms with Gasteiger partial charge in [0.25, 0.3) is 0 Å². The van der Waals surface area contributed by atoms with E-state index in [0.717, 1.165) is 41.3 Å². The second-order valence-electron chi connectivity index (χ2n) is 5.26. The fourth-order valence-corrected chi connectivity index (χ4v) is 2.85. The Labute approximate surface area is 131 Å². The molecule has 2 aromatic carbocycles. The third-order valence-electron chi connectivity index (χ3n) is 3.99. The van der Waals surface area contributed by atoms with Gasteiger partial charge in [0.1, 0.15) is 5.75 Å². The van der Waals surface area contributed by atoms with Crippen molar-refractivity contribution in [2.24, 2.45) is 0 Å². The first-order chi connectivity index (χ1) is 10.8. The molecule has 2 aromatic rings. The van der Waals surface area contributed by atoms with Gasteiger partial charge in [-0.3, -0.25) is 0 Å². The van der Waals surface area contributed by atoms with E-state index in [4.69, 9.17) is 14.2 Å². The monoisotopic (exact) mass is 299 g/mol. The van der Waals surface area contributed by atoms with Crippen LogP contribution in [0.5, 0.6) is 17.2 Å². The molecule has 1 N–H and O–H groups in total. The Morgan fingerprint density at radius 2 is 1.82 bits per heavy atom. The quantitative estimate of drug-likeness (QED) is 0.919. The molecule has 1 unspecified atom stereocenters. The molecule has 22 heavy (non-hydrogen) atoms. The summed E-state index contributed by atoms with van der Waals surface area (Å²) in [5.74, 6) is 2.56. The summed E-state index contributed by atoms with van der Waals surface area (Å²) in [6.45, 7) is 1.45. The molecule has 4 heteroatoms. The molecular weight excluding hydrogens is 278 g/mol. The minimum atomic E-state index is 0.253. The average molecular weight is 299 g/mol. The van der Waals surface area contributed by atoms with E-state index in [9.17, 15) is 0 Å². The molecule has 0 spiro atoms. The molecule has 0 fully saturated rings. The van der Waals surface area contributed by atoms with Crippen LogP contribution < -0.4 is 19.5 Å². The van der Waals surface area contributed by atoms with Gasteiger partial charge < -0.3 is 19.5 Å². The van der Waals surface area contributed by atoms with Crippen LogP contribution in [0.15, 0.2) is 42.5 Å². The lowest BCUT2D eigenvalue weighted by molar-refractivity contribution is 0.238. The Morgan fingerprint density at radius 3 is 2.64 bits per heavy atom. The molecule has 1 heterocycles. The lowest BCUT2D eigenvalue weighted by Gasteiger charge is -2.28. The van der Waals surface area contributed by atoms with E-state index in [1.165, 1.54) is 0 Å². The van der Waals surface area contributed by atoms with Crippen LogP contribution in [-0.4, -0.2) is 20.8 Å². The minimum absolute atomic E-state index is 0.253. The zero-order valence-electron chi connectivity index (χ0n) is 13.0. The van der Waals surface area contributed by atoms with E-state index in [0.29, 0.717) is 6.61 Å². The first-order valence-electron chi connectivity index (χ1n) is 7.48. The lowest BCUT2D eigenvalue weighted by Crippen LogP contribution is -2.27. The van der Waals surface area contributed by atoms with Crippen molar-refractivity contribution < 1.29 is 14.2 Å². The number of rotatable bonds is 5. The summed E-state index contributed by atoms with van der Waals surface area (Å²) in [6, 6.07) is 14.4. The van der Waals surface area contributed by atoms with Gasteiger partial charge in [0, 0.05) is 30.1 Å². The van der Waals surface area contributed by atoms with E-state index in [1.807, 2.05) is 30.3 Å². The van der Waals surface area contributed by atoms with Gasteiger partial charge in [-0.15, -0.1) is 0 Å². The summed E-state index contributed by atoms with van der Waals surface area (Å²) < 4.78 is 16.6. The Morgan fingerprint density at radius 1 is 1.05 bits per heavy atom. The molecule has 0 radical (unpaired) electrons. The zero-order chi connectivity index (χ0) is 15.4. The van der Waals surface area contributed by atoms with Gasteiger partial charge >= 0.3 is 0 Å². The maximum atomic E-state index is 5.78. The summed E-state index contributed by atoms with van der Waals surface area (Å²) in [7, 11) is 3.37. The van der Waals surface area contributed by atoms with E-state index >= 15 is 0 Å². The third-order valence-corrected chi connectivity index (χ3v) is 3.99. The number of ether oxygens (including phenoxy) is 3. The summed E-state index contributed by atoms with van der Waals surface area (Å²) in [6.07, 6.45) is 0.940. The van der Waals surface area contributed by atoms with Crippen molar-refractivity contribution >= 4 is 0 Å². The second kappa shape index (κ2) is 6.71. The number of nitrogens with one attached hydrogen (secondary N) is 1. The van der Waals surface area contributed by atoms with Crippen LogP contribution in [0, 0.1) is 0 Å². The number of benzene rings is 2. The van der Waals surface area contributed by atoms with Gasteiger partial charge in [0.15, 0.2) is 11.5 Å². The van der Waals surface area contributed by atoms with Crippen molar-refractivity contribution in [2.45, 2.75) is 19.0 Å². The predicted molar refractivity (Wildman–Crippen MR) is 85.7 cm³/mol. The molecule has 0 saturated carbocycles. The van der Waals surface area contributed by atoms with E-state index < -0.39 is 0 Å². The van der Waals surface area contributed by atoms with Crippen LogP contribution in [0.1, 0.15) is 23.6 Å². The van der Waals surface area contributed by atoms with E-state index in [1.54, 1.807) is 14.2 Å². The molecule has 0 aromatic heterocycles.